The smallest absolute Gasteiger partial charge is 0.416 e. The van der Waals surface area contributed by atoms with Crippen LogP contribution < -0.4 is 9.64 Å². The first-order valence-corrected chi connectivity index (χ1v) is 7.41. The van der Waals surface area contributed by atoms with Crippen molar-refractivity contribution in [3.8, 4) is 5.75 Å². The molecule has 0 N–H and O–H groups in total. The molecule has 6 nitrogen and oxygen atoms in total. The van der Waals surface area contributed by atoms with Crippen molar-refractivity contribution < 1.29 is 22.7 Å². The molecular weight excluding hydrogens is 337 g/mol. The van der Waals surface area contributed by atoms with E-state index in [9.17, 15) is 18.0 Å². The summed E-state index contributed by atoms with van der Waals surface area (Å²) in [5, 5.41) is 7.73. The second-order valence-electron chi connectivity index (χ2n) is 5.45. The molecule has 0 fully saturated rings. The number of amides is 1. The largest absolute Gasteiger partial charge is 0.490 e. The predicted molar refractivity (Wildman–Crippen MR) is 81.6 cm³/mol. The molecule has 0 unspecified atom stereocenters. The van der Waals surface area contributed by atoms with Crippen LogP contribution in [0.5, 0.6) is 5.75 Å². The van der Waals surface area contributed by atoms with E-state index in [1.807, 2.05) is 0 Å². The van der Waals surface area contributed by atoms with Crippen molar-refractivity contribution in [3.05, 3.63) is 53.9 Å². The van der Waals surface area contributed by atoms with Crippen molar-refractivity contribution in [2.45, 2.75) is 6.18 Å². The number of fused-ring (bicyclic) bond motifs is 2. The number of aromatic nitrogens is 3. The van der Waals surface area contributed by atoms with E-state index in [1.165, 1.54) is 15.5 Å². The lowest BCUT2D eigenvalue weighted by Crippen LogP contribution is -2.38. The van der Waals surface area contributed by atoms with E-state index in [0.29, 0.717) is 5.52 Å². The molecule has 0 atom stereocenters. The van der Waals surface area contributed by atoms with Crippen LogP contribution in [-0.4, -0.2) is 33.9 Å². The summed E-state index contributed by atoms with van der Waals surface area (Å²) >= 11 is 0. The highest BCUT2D eigenvalue weighted by molar-refractivity contribution is 6.09. The molecule has 0 aliphatic carbocycles. The number of carbonyl (C=O) groups is 1. The van der Waals surface area contributed by atoms with Gasteiger partial charge in [0.05, 0.1) is 23.3 Å². The van der Waals surface area contributed by atoms with Gasteiger partial charge in [0.25, 0.3) is 5.91 Å². The van der Waals surface area contributed by atoms with Crippen molar-refractivity contribution >= 4 is 17.1 Å². The molecule has 1 aliphatic rings. The van der Waals surface area contributed by atoms with E-state index in [-0.39, 0.29) is 30.3 Å². The predicted octanol–water partition coefficient (Wildman–Crippen LogP) is 2.79. The summed E-state index contributed by atoms with van der Waals surface area (Å²) in [7, 11) is 0. The van der Waals surface area contributed by atoms with Crippen LogP contribution in [0.3, 0.4) is 0 Å². The fourth-order valence-electron chi connectivity index (χ4n) is 2.73. The minimum atomic E-state index is -4.51. The van der Waals surface area contributed by atoms with Crippen LogP contribution in [0.2, 0.25) is 0 Å². The molecule has 0 radical (unpaired) electrons. The zero-order valence-corrected chi connectivity index (χ0v) is 12.7. The topological polar surface area (TPSA) is 59.7 Å². The minimum Gasteiger partial charge on any atom is -0.490 e. The maximum Gasteiger partial charge on any atom is 0.416 e. The Balaban J connectivity index is 1.79. The molecule has 1 amide bonds. The van der Waals surface area contributed by atoms with Crippen molar-refractivity contribution in [3.63, 3.8) is 0 Å². The number of rotatable bonds is 1. The number of anilines is 1. The van der Waals surface area contributed by atoms with Crippen molar-refractivity contribution in [1.29, 1.82) is 0 Å². The van der Waals surface area contributed by atoms with Crippen molar-refractivity contribution in [2.75, 3.05) is 18.1 Å². The number of pyridine rings is 1. The second-order valence-corrected chi connectivity index (χ2v) is 5.45. The first-order valence-electron chi connectivity index (χ1n) is 7.41. The Morgan fingerprint density at radius 2 is 2.04 bits per heavy atom. The number of hydrogen-bond acceptors (Lipinski definition) is 4. The van der Waals surface area contributed by atoms with Crippen LogP contribution in [0.15, 0.2) is 42.6 Å². The SMILES string of the molecule is O=C(c1nnn2ccccc12)N1CCOc2ccc(C(F)(F)F)cc21. The van der Waals surface area contributed by atoms with Gasteiger partial charge in [-0.25, -0.2) is 4.52 Å². The molecular formula is C16H11F3N4O2. The molecule has 1 aromatic carbocycles. The molecule has 128 valence electrons. The van der Waals surface area contributed by atoms with Gasteiger partial charge in [0.2, 0.25) is 0 Å². The molecule has 0 spiro atoms. The normalized spacial score (nSPS) is 14.3. The molecule has 1 aliphatic heterocycles. The summed E-state index contributed by atoms with van der Waals surface area (Å²) < 4.78 is 45.8. The number of hydrogen-bond donors (Lipinski definition) is 0. The molecule has 3 aromatic rings. The number of halogens is 3. The van der Waals surface area contributed by atoms with E-state index < -0.39 is 17.6 Å². The fraction of sp³-hybridized carbons (Fsp3) is 0.188. The van der Waals surface area contributed by atoms with Crippen LogP contribution in [-0.2, 0) is 6.18 Å². The molecule has 0 saturated heterocycles. The zero-order valence-electron chi connectivity index (χ0n) is 12.7. The summed E-state index contributed by atoms with van der Waals surface area (Å²) in [6.07, 6.45) is -2.88. The van der Waals surface area contributed by atoms with E-state index in [0.717, 1.165) is 12.1 Å². The van der Waals surface area contributed by atoms with Gasteiger partial charge in [0.15, 0.2) is 5.69 Å². The average molecular weight is 348 g/mol. The first kappa shape index (κ1) is 15.4. The number of carbonyl (C=O) groups excluding carboxylic acids is 1. The van der Waals surface area contributed by atoms with Gasteiger partial charge in [0.1, 0.15) is 12.4 Å². The van der Waals surface area contributed by atoms with Gasteiger partial charge in [-0.15, -0.1) is 5.10 Å². The number of alkyl halides is 3. The highest BCUT2D eigenvalue weighted by Gasteiger charge is 2.34. The highest BCUT2D eigenvalue weighted by atomic mass is 19.4. The standard InChI is InChI=1S/C16H11F3N4O2/c17-16(18,19)10-4-5-13-12(9-10)22(7-8-25-13)15(24)14-11-3-1-2-6-23(11)21-20-14/h1-6,9H,7-8H2. The van der Waals surface area contributed by atoms with E-state index >= 15 is 0 Å². The highest BCUT2D eigenvalue weighted by Crippen LogP contribution is 2.38. The second kappa shape index (κ2) is 5.47. The zero-order chi connectivity index (χ0) is 17.6. The van der Waals surface area contributed by atoms with Crippen molar-refractivity contribution in [2.24, 2.45) is 0 Å². The quantitative estimate of drug-likeness (QED) is 0.679. The van der Waals surface area contributed by atoms with E-state index in [1.54, 1.807) is 24.4 Å². The Hall–Kier alpha value is -3.10. The van der Waals surface area contributed by atoms with Crippen molar-refractivity contribution in [1.82, 2.24) is 14.8 Å². The maximum atomic E-state index is 13.0. The molecule has 0 saturated carbocycles. The number of benzene rings is 1. The lowest BCUT2D eigenvalue weighted by atomic mass is 10.1. The van der Waals surface area contributed by atoms with Gasteiger partial charge in [-0.1, -0.05) is 11.3 Å². The van der Waals surface area contributed by atoms with E-state index in [4.69, 9.17) is 4.74 Å². The van der Waals surface area contributed by atoms with Gasteiger partial charge in [-0.2, -0.15) is 13.2 Å². The Bertz CT molecular complexity index is 967. The molecule has 2 aromatic heterocycles. The van der Waals surface area contributed by atoms with Crippen LogP contribution in [0.1, 0.15) is 16.1 Å². The Labute approximate surface area is 139 Å². The summed E-state index contributed by atoms with van der Waals surface area (Å²) in [5.74, 6) is -0.297. The summed E-state index contributed by atoms with van der Waals surface area (Å²) in [6.45, 7) is 0.308. The molecule has 3 heterocycles. The first-order chi connectivity index (χ1) is 11.9. The lowest BCUT2D eigenvalue weighted by Gasteiger charge is -2.29. The molecule has 9 heteroatoms. The van der Waals surface area contributed by atoms with Gasteiger partial charge in [0, 0.05) is 6.20 Å². The lowest BCUT2D eigenvalue weighted by molar-refractivity contribution is -0.137. The van der Waals surface area contributed by atoms with Gasteiger partial charge >= 0.3 is 6.18 Å². The average Bonchev–Trinajstić information content (AvgIpc) is 3.03. The van der Waals surface area contributed by atoms with Crippen LogP contribution in [0, 0.1) is 0 Å². The third-order valence-electron chi connectivity index (χ3n) is 3.92. The van der Waals surface area contributed by atoms with Crippen LogP contribution >= 0.6 is 0 Å². The maximum absolute atomic E-state index is 13.0. The Morgan fingerprint density at radius 1 is 1.20 bits per heavy atom. The fourth-order valence-corrected chi connectivity index (χ4v) is 2.73. The molecule has 0 bridgehead atoms. The van der Waals surface area contributed by atoms with Gasteiger partial charge < -0.3 is 4.74 Å². The van der Waals surface area contributed by atoms with E-state index in [2.05, 4.69) is 10.3 Å². The Morgan fingerprint density at radius 3 is 2.84 bits per heavy atom. The molecule has 4 rings (SSSR count). The molecule has 25 heavy (non-hydrogen) atoms. The third kappa shape index (κ3) is 2.57. The minimum absolute atomic E-state index is 0.0724. The monoisotopic (exact) mass is 348 g/mol. The summed E-state index contributed by atoms with van der Waals surface area (Å²) in [4.78, 5) is 14.1. The third-order valence-corrected chi connectivity index (χ3v) is 3.92. The van der Waals surface area contributed by atoms with Crippen LogP contribution in [0.4, 0.5) is 18.9 Å². The van der Waals surface area contributed by atoms with Gasteiger partial charge in [-0.3, -0.25) is 9.69 Å². The summed E-state index contributed by atoms with van der Waals surface area (Å²) in [5.41, 5.74) is -0.219. The number of ether oxygens (including phenoxy) is 1. The van der Waals surface area contributed by atoms with Gasteiger partial charge in [-0.05, 0) is 30.3 Å². The van der Waals surface area contributed by atoms with Crippen LogP contribution in [0.25, 0.3) is 5.52 Å². The number of nitrogens with zero attached hydrogens (tertiary/aromatic N) is 4. The Kier molecular flexibility index (Phi) is 3.38. The summed E-state index contributed by atoms with van der Waals surface area (Å²) in [6, 6.07) is 8.19.